The zero-order valence-electron chi connectivity index (χ0n) is 15.4. The molecule has 2 N–H and O–H groups in total. The first-order valence-corrected chi connectivity index (χ1v) is 9.41. The summed E-state index contributed by atoms with van der Waals surface area (Å²) in [6.07, 6.45) is 0.333. The third kappa shape index (κ3) is 6.08. The summed E-state index contributed by atoms with van der Waals surface area (Å²) in [6, 6.07) is 9.26. The van der Waals surface area contributed by atoms with E-state index in [0.29, 0.717) is 43.7 Å². The van der Waals surface area contributed by atoms with Crippen LogP contribution in [0.4, 0.5) is 11.8 Å². The van der Waals surface area contributed by atoms with E-state index in [1.165, 1.54) is 0 Å². The lowest BCUT2D eigenvalue weighted by atomic mass is 10.1. The predicted molar refractivity (Wildman–Crippen MR) is 106 cm³/mol. The number of morpholine rings is 1. The van der Waals surface area contributed by atoms with E-state index in [2.05, 4.69) is 25.5 Å². The monoisotopic (exact) mass is 389 g/mol. The number of ether oxygens (including phenoxy) is 1. The van der Waals surface area contributed by atoms with E-state index in [-0.39, 0.29) is 5.91 Å². The molecule has 0 saturated carbocycles. The minimum atomic E-state index is -0.0294. The molecule has 1 amide bonds. The fourth-order valence-corrected chi connectivity index (χ4v) is 2.94. The number of halogens is 1. The van der Waals surface area contributed by atoms with Gasteiger partial charge in [-0.2, -0.15) is 4.98 Å². The third-order valence-electron chi connectivity index (χ3n) is 4.18. The number of hydrogen-bond acceptors (Lipinski definition) is 6. The number of amides is 1. The topological polar surface area (TPSA) is 79.4 Å². The number of carbonyl (C=O) groups is 1. The van der Waals surface area contributed by atoms with Gasteiger partial charge in [0, 0.05) is 43.0 Å². The van der Waals surface area contributed by atoms with Crippen LogP contribution in [0.5, 0.6) is 0 Å². The Morgan fingerprint density at radius 3 is 2.67 bits per heavy atom. The SMILES string of the molecule is Cc1cc(N2CCOCC2)nc(NCCNC(=O)Cc2ccc(Cl)cc2)n1. The lowest BCUT2D eigenvalue weighted by Crippen LogP contribution is -2.37. The average Bonchev–Trinajstić information content (AvgIpc) is 2.67. The molecule has 0 spiro atoms. The lowest BCUT2D eigenvalue weighted by Gasteiger charge is -2.28. The Labute approximate surface area is 164 Å². The predicted octanol–water partition coefficient (Wildman–Crippen LogP) is 2.05. The van der Waals surface area contributed by atoms with Crippen molar-refractivity contribution >= 4 is 29.3 Å². The number of benzene rings is 1. The van der Waals surface area contributed by atoms with Crippen molar-refractivity contribution < 1.29 is 9.53 Å². The zero-order chi connectivity index (χ0) is 19.1. The summed E-state index contributed by atoms with van der Waals surface area (Å²) in [5.41, 5.74) is 1.84. The normalized spacial score (nSPS) is 14.1. The van der Waals surface area contributed by atoms with Gasteiger partial charge in [-0.15, -0.1) is 0 Å². The standard InChI is InChI=1S/C19H24ClN5O2/c1-14-12-17(25-8-10-27-11-9-25)24-19(23-14)22-7-6-21-18(26)13-15-2-4-16(20)5-3-15/h2-5,12H,6-11,13H2,1H3,(H,21,26)(H,22,23,24). The van der Waals surface area contributed by atoms with Crippen molar-refractivity contribution in [1.82, 2.24) is 15.3 Å². The van der Waals surface area contributed by atoms with E-state index in [1.54, 1.807) is 12.1 Å². The number of rotatable bonds is 7. The molecule has 3 rings (SSSR count). The van der Waals surface area contributed by atoms with Gasteiger partial charge in [0.1, 0.15) is 5.82 Å². The molecule has 2 aromatic rings. The number of nitrogens with one attached hydrogen (secondary N) is 2. The van der Waals surface area contributed by atoms with Crippen molar-refractivity contribution in [2.75, 3.05) is 49.6 Å². The van der Waals surface area contributed by atoms with Crippen LogP contribution in [0.1, 0.15) is 11.3 Å². The molecule has 0 radical (unpaired) electrons. The lowest BCUT2D eigenvalue weighted by molar-refractivity contribution is -0.120. The molecule has 8 heteroatoms. The van der Waals surface area contributed by atoms with Crippen molar-refractivity contribution in [2.45, 2.75) is 13.3 Å². The number of aromatic nitrogens is 2. The number of hydrogen-bond donors (Lipinski definition) is 2. The van der Waals surface area contributed by atoms with Gasteiger partial charge in [-0.3, -0.25) is 4.79 Å². The maximum absolute atomic E-state index is 12.0. The zero-order valence-corrected chi connectivity index (χ0v) is 16.1. The van der Waals surface area contributed by atoms with Crippen LogP contribution in [0.3, 0.4) is 0 Å². The minimum absolute atomic E-state index is 0.0294. The summed E-state index contributed by atoms with van der Waals surface area (Å²) < 4.78 is 5.38. The van der Waals surface area contributed by atoms with Crippen LogP contribution in [0, 0.1) is 6.92 Å². The Morgan fingerprint density at radius 1 is 1.19 bits per heavy atom. The number of aryl methyl sites for hydroxylation is 1. The summed E-state index contributed by atoms with van der Waals surface area (Å²) in [7, 11) is 0. The molecule has 1 fully saturated rings. The molecule has 27 heavy (non-hydrogen) atoms. The Hall–Kier alpha value is -2.38. The van der Waals surface area contributed by atoms with Crippen molar-refractivity contribution in [3.8, 4) is 0 Å². The first-order chi connectivity index (χ1) is 13.1. The molecule has 1 aromatic carbocycles. The third-order valence-corrected chi connectivity index (χ3v) is 4.44. The van der Waals surface area contributed by atoms with E-state index in [9.17, 15) is 4.79 Å². The summed E-state index contributed by atoms with van der Waals surface area (Å²) in [5.74, 6) is 1.45. The molecule has 1 saturated heterocycles. The van der Waals surface area contributed by atoms with Crippen LogP contribution < -0.4 is 15.5 Å². The minimum Gasteiger partial charge on any atom is -0.378 e. The Balaban J connectivity index is 1.45. The molecule has 144 valence electrons. The summed E-state index contributed by atoms with van der Waals surface area (Å²) in [6.45, 7) is 6.09. The second-order valence-electron chi connectivity index (χ2n) is 6.37. The van der Waals surface area contributed by atoms with Crippen LogP contribution >= 0.6 is 11.6 Å². The Kier molecular flexibility index (Phi) is 6.84. The van der Waals surface area contributed by atoms with Gasteiger partial charge in [-0.25, -0.2) is 4.98 Å². The second-order valence-corrected chi connectivity index (χ2v) is 6.81. The molecule has 0 aliphatic carbocycles. The number of nitrogens with zero attached hydrogens (tertiary/aromatic N) is 3. The van der Waals surface area contributed by atoms with Crippen LogP contribution in [0.2, 0.25) is 5.02 Å². The second kappa shape index (κ2) is 9.53. The molecule has 1 aromatic heterocycles. The summed E-state index contributed by atoms with van der Waals surface area (Å²) >= 11 is 5.85. The van der Waals surface area contributed by atoms with Crippen molar-refractivity contribution in [3.63, 3.8) is 0 Å². The van der Waals surface area contributed by atoms with E-state index < -0.39 is 0 Å². The number of carbonyl (C=O) groups excluding carboxylic acids is 1. The molecule has 0 bridgehead atoms. The first kappa shape index (κ1) is 19.4. The van der Waals surface area contributed by atoms with Crippen molar-refractivity contribution in [2.24, 2.45) is 0 Å². The van der Waals surface area contributed by atoms with Crippen LogP contribution in [0.25, 0.3) is 0 Å². The summed E-state index contributed by atoms with van der Waals surface area (Å²) in [5, 5.41) is 6.74. The average molecular weight is 390 g/mol. The molecule has 2 heterocycles. The van der Waals surface area contributed by atoms with Gasteiger partial charge in [0.2, 0.25) is 11.9 Å². The van der Waals surface area contributed by atoms with Gasteiger partial charge in [-0.1, -0.05) is 23.7 Å². The maximum atomic E-state index is 12.0. The van der Waals surface area contributed by atoms with Crippen LogP contribution in [-0.2, 0) is 16.0 Å². The van der Waals surface area contributed by atoms with Crippen LogP contribution in [-0.4, -0.2) is 55.3 Å². The number of anilines is 2. The van der Waals surface area contributed by atoms with E-state index in [0.717, 1.165) is 30.2 Å². The largest absolute Gasteiger partial charge is 0.378 e. The van der Waals surface area contributed by atoms with E-state index >= 15 is 0 Å². The molecule has 0 atom stereocenters. The quantitative estimate of drug-likeness (QED) is 0.705. The van der Waals surface area contributed by atoms with Gasteiger partial charge in [0.15, 0.2) is 0 Å². The van der Waals surface area contributed by atoms with Crippen molar-refractivity contribution in [1.29, 1.82) is 0 Å². The Morgan fingerprint density at radius 2 is 1.93 bits per heavy atom. The highest BCUT2D eigenvalue weighted by atomic mass is 35.5. The smallest absolute Gasteiger partial charge is 0.224 e. The van der Waals surface area contributed by atoms with Crippen molar-refractivity contribution in [3.05, 3.63) is 46.6 Å². The highest BCUT2D eigenvalue weighted by Crippen LogP contribution is 2.16. The first-order valence-electron chi connectivity index (χ1n) is 9.03. The van der Waals surface area contributed by atoms with Gasteiger partial charge >= 0.3 is 0 Å². The molecular weight excluding hydrogens is 366 g/mol. The molecule has 0 unspecified atom stereocenters. The fraction of sp³-hybridized carbons (Fsp3) is 0.421. The highest BCUT2D eigenvalue weighted by Gasteiger charge is 2.14. The molecular formula is C19H24ClN5O2. The van der Waals surface area contributed by atoms with Gasteiger partial charge in [0.05, 0.1) is 19.6 Å². The van der Waals surface area contributed by atoms with E-state index in [1.807, 2.05) is 25.1 Å². The Bertz CT molecular complexity index is 763. The highest BCUT2D eigenvalue weighted by molar-refractivity contribution is 6.30. The van der Waals surface area contributed by atoms with Gasteiger partial charge in [0.25, 0.3) is 0 Å². The van der Waals surface area contributed by atoms with Crippen LogP contribution in [0.15, 0.2) is 30.3 Å². The molecule has 1 aliphatic rings. The fourth-order valence-electron chi connectivity index (χ4n) is 2.81. The maximum Gasteiger partial charge on any atom is 0.224 e. The molecule has 1 aliphatic heterocycles. The van der Waals surface area contributed by atoms with E-state index in [4.69, 9.17) is 16.3 Å². The van der Waals surface area contributed by atoms with Gasteiger partial charge < -0.3 is 20.3 Å². The molecule has 7 nitrogen and oxygen atoms in total. The van der Waals surface area contributed by atoms with Gasteiger partial charge in [-0.05, 0) is 24.6 Å². The summed E-state index contributed by atoms with van der Waals surface area (Å²) in [4.78, 5) is 23.2.